The van der Waals surface area contributed by atoms with E-state index in [0.29, 0.717) is 22.7 Å². The van der Waals surface area contributed by atoms with Gasteiger partial charge in [0.1, 0.15) is 17.4 Å². The fourth-order valence-corrected chi connectivity index (χ4v) is 3.29. The van der Waals surface area contributed by atoms with E-state index in [1.165, 1.54) is 6.08 Å². The summed E-state index contributed by atoms with van der Waals surface area (Å²) in [5, 5.41) is 15.2. The van der Waals surface area contributed by atoms with Crippen LogP contribution in [0.3, 0.4) is 0 Å². The molecule has 7 heteroatoms. The van der Waals surface area contributed by atoms with E-state index in [-0.39, 0.29) is 23.1 Å². The van der Waals surface area contributed by atoms with Gasteiger partial charge in [0.2, 0.25) is 0 Å². The van der Waals surface area contributed by atoms with Crippen molar-refractivity contribution in [2.45, 2.75) is 13.8 Å². The monoisotopic (exact) mass is 459 g/mol. The first kappa shape index (κ1) is 23.6. The maximum absolute atomic E-state index is 12.6. The Morgan fingerprint density at radius 3 is 2.45 bits per heavy atom. The van der Waals surface area contributed by atoms with Crippen LogP contribution in [0.5, 0.6) is 5.75 Å². The van der Waals surface area contributed by atoms with Crippen LogP contribution in [-0.4, -0.2) is 18.4 Å². The molecule has 0 saturated heterocycles. The number of para-hydroxylation sites is 1. The van der Waals surface area contributed by atoms with E-state index in [1.54, 1.807) is 36.4 Å². The predicted molar refractivity (Wildman–Crippen MR) is 130 cm³/mol. The Morgan fingerprint density at radius 1 is 1.03 bits per heavy atom. The van der Waals surface area contributed by atoms with E-state index in [9.17, 15) is 14.9 Å². The van der Waals surface area contributed by atoms with Crippen LogP contribution in [-0.2, 0) is 9.59 Å². The number of hydrogen-bond donors (Lipinski definition) is 2. The summed E-state index contributed by atoms with van der Waals surface area (Å²) in [5.41, 5.74) is 3.77. The summed E-state index contributed by atoms with van der Waals surface area (Å²) >= 11 is 6.28. The average Bonchev–Trinajstić information content (AvgIpc) is 2.79. The van der Waals surface area contributed by atoms with Crippen molar-refractivity contribution in [3.05, 3.63) is 94.0 Å². The van der Waals surface area contributed by atoms with Crippen LogP contribution in [0.2, 0.25) is 5.02 Å². The van der Waals surface area contributed by atoms with Gasteiger partial charge in [0.25, 0.3) is 11.8 Å². The standard InChI is InChI=1S/C26H22ClN3O3/c1-17-8-10-23(18(2)12-17)30-26(32)20(15-28)13-19-9-11-24(22(27)14-19)33-16-25(31)29-21-6-4-3-5-7-21/h3-14H,16H2,1-2H3,(H,29,31)(H,30,32)/b20-13+. The molecule has 0 aromatic heterocycles. The van der Waals surface area contributed by atoms with E-state index >= 15 is 0 Å². The molecule has 0 aliphatic rings. The number of benzene rings is 3. The van der Waals surface area contributed by atoms with E-state index < -0.39 is 5.91 Å². The average molecular weight is 460 g/mol. The molecule has 2 N–H and O–H groups in total. The molecule has 2 amide bonds. The highest BCUT2D eigenvalue weighted by Gasteiger charge is 2.12. The maximum atomic E-state index is 12.6. The van der Waals surface area contributed by atoms with Gasteiger partial charge in [-0.1, -0.05) is 53.6 Å². The first-order chi connectivity index (χ1) is 15.9. The molecule has 0 radical (unpaired) electrons. The molecule has 3 aromatic rings. The molecular formula is C26H22ClN3O3. The SMILES string of the molecule is Cc1ccc(NC(=O)/C(C#N)=C/c2ccc(OCC(=O)Nc3ccccc3)c(Cl)c2)c(C)c1. The number of halogens is 1. The number of carbonyl (C=O) groups is 2. The van der Waals surface area contributed by atoms with Crippen LogP contribution in [0.25, 0.3) is 6.08 Å². The highest BCUT2D eigenvalue weighted by Crippen LogP contribution is 2.27. The summed E-state index contributed by atoms with van der Waals surface area (Å²) in [7, 11) is 0. The minimum atomic E-state index is -0.515. The lowest BCUT2D eigenvalue weighted by Gasteiger charge is -2.10. The van der Waals surface area contributed by atoms with Crippen molar-refractivity contribution >= 4 is 40.9 Å². The zero-order valence-corrected chi connectivity index (χ0v) is 18.9. The van der Waals surface area contributed by atoms with Crippen molar-refractivity contribution in [1.29, 1.82) is 5.26 Å². The molecule has 0 aliphatic heterocycles. The fourth-order valence-electron chi connectivity index (χ4n) is 3.04. The van der Waals surface area contributed by atoms with Gasteiger partial charge in [-0.15, -0.1) is 0 Å². The Bertz CT molecular complexity index is 1250. The van der Waals surface area contributed by atoms with Crippen molar-refractivity contribution in [2.75, 3.05) is 17.2 Å². The number of amides is 2. The molecule has 6 nitrogen and oxygen atoms in total. The van der Waals surface area contributed by atoms with E-state index in [4.69, 9.17) is 16.3 Å². The van der Waals surface area contributed by atoms with Crippen LogP contribution in [0.1, 0.15) is 16.7 Å². The quantitative estimate of drug-likeness (QED) is 0.359. The zero-order valence-electron chi connectivity index (χ0n) is 18.2. The van der Waals surface area contributed by atoms with Crippen molar-refractivity contribution in [1.82, 2.24) is 0 Å². The van der Waals surface area contributed by atoms with Crippen molar-refractivity contribution in [3.8, 4) is 11.8 Å². The number of nitrogens with zero attached hydrogens (tertiary/aromatic N) is 1. The van der Waals surface area contributed by atoms with Crippen molar-refractivity contribution in [3.63, 3.8) is 0 Å². The Labute approximate surface area is 197 Å². The summed E-state index contributed by atoms with van der Waals surface area (Å²) < 4.78 is 5.50. The molecule has 0 heterocycles. The number of hydrogen-bond acceptors (Lipinski definition) is 4. The third-order valence-electron chi connectivity index (χ3n) is 4.68. The molecule has 3 rings (SSSR count). The summed E-state index contributed by atoms with van der Waals surface area (Å²) in [5.74, 6) is -0.523. The molecule has 0 spiro atoms. The highest BCUT2D eigenvalue weighted by atomic mass is 35.5. The molecule has 0 saturated carbocycles. The number of carbonyl (C=O) groups excluding carboxylic acids is 2. The molecule has 33 heavy (non-hydrogen) atoms. The van der Waals surface area contributed by atoms with Crippen LogP contribution in [0.4, 0.5) is 11.4 Å². The summed E-state index contributed by atoms with van der Waals surface area (Å²) in [4.78, 5) is 24.6. The van der Waals surface area contributed by atoms with E-state index in [2.05, 4.69) is 10.6 Å². The minimum absolute atomic E-state index is 0.0676. The van der Waals surface area contributed by atoms with Gasteiger partial charge in [-0.2, -0.15) is 5.26 Å². The predicted octanol–water partition coefficient (Wildman–Crippen LogP) is 5.52. The fraction of sp³-hybridized carbons (Fsp3) is 0.115. The number of rotatable bonds is 7. The third-order valence-corrected chi connectivity index (χ3v) is 4.97. The second-order valence-corrected chi connectivity index (χ2v) is 7.74. The van der Waals surface area contributed by atoms with Gasteiger partial charge in [0, 0.05) is 11.4 Å². The van der Waals surface area contributed by atoms with Gasteiger partial charge in [-0.25, -0.2) is 0 Å². The zero-order chi connectivity index (χ0) is 23.8. The minimum Gasteiger partial charge on any atom is -0.482 e. The molecule has 0 fully saturated rings. The summed E-state index contributed by atoms with van der Waals surface area (Å²) in [6, 6.07) is 21.4. The van der Waals surface area contributed by atoms with E-state index in [0.717, 1.165) is 11.1 Å². The number of nitrogens with one attached hydrogen (secondary N) is 2. The van der Waals surface area contributed by atoms with Gasteiger partial charge in [-0.3, -0.25) is 9.59 Å². The van der Waals surface area contributed by atoms with Crippen LogP contribution >= 0.6 is 11.6 Å². The van der Waals surface area contributed by atoms with Crippen molar-refractivity contribution in [2.24, 2.45) is 0 Å². The van der Waals surface area contributed by atoms with Gasteiger partial charge >= 0.3 is 0 Å². The number of ether oxygens (including phenoxy) is 1. The largest absolute Gasteiger partial charge is 0.482 e. The number of aryl methyl sites for hydroxylation is 2. The first-order valence-corrected chi connectivity index (χ1v) is 10.5. The van der Waals surface area contributed by atoms with Gasteiger partial charge < -0.3 is 15.4 Å². The Balaban J connectivity index is 1.65. The lowest BCUT2D eigenvalue weighted by Crippen LogP contribution is -2.20. The lowest BCUT2D eigenvalue weighted by atomic mass is 10.1. The molecule has 0 bridgehead atoms. The lowest BCUT2D eigenvalue weighted by molar-refractivity contribution is -0.118. The topological polar surface area (TPSA) is 91.2 Å². The smallest absolute Gasteiger partial charge is 0.266 e. The first-order valence-electron chi connectivity index (χ1n) is 10.1. The highest BCUT2D eigenvalue weighted by molar-refractivity contribution is 6.32. The number of nitriles is 1. The molecule has 0 atom stereocenters. The Hall–Kier alpha value is -4.08. The molecule has 0 aliphatic carbocycles. The second-order valence-electron chi connectivity index (χ2n) is 7.34. The normalized spacial score (nSPS) is 10.8. The van der Waals surface area contributed by atoms with Gasteiger partial charge in [0.15, 0.2) is 6.61 Å². The Morgan fingerprint density at radius 2 is 1.79 bits per heavy atom. The van der Waals surface area contributed by atoms with Gasteiger partial charge in [-0.05, 0) is 61.4 Å². The molecule has 166 valence electrons. The summed E-state index contributed by atoms with van der Waals surface area (Å²) in [6.07, 6.45) is 1.44. The third kappa shape index (κ3) is 6.70. The summed E-state index contributed by atoms with van der Waals surface area (Å²) in [6.45, 7) is 3.63. The molecule has 0 unspecified atom stereocenters. The van der Waals surface area contributed by atoms with Crippen LogP contribution in [0, 0.1) is 25.2 Å². The van der Waals surface area contributed by atoms with Crippen LogP contribution < -0.4 is 15.4 Å². The molecular weight excluding hydrogens is 438 g/mol. The Kier molecular flexibility index (Phi) is 7.85. The van der Waals surface area contributed by atoms with Crippen LogP contribution in [0.15, 0.2) is 72.3 Å². The molecule has 3 aromatic carbocycles. The maximum Gasteiger partial charge on any atom is 0.266 e. The van der Waals surface area contributed by atoms with Crippen molar-refractivity contribution < 1.29 is 14.3 Å². The van der Waals surface area contributed by atoms with Gasteiger partial charge in [0.05, 0.1) is 5.02 Å². The number of anilines is 2. The van der Waals surface area contributed by atoms with E-state index in [1.807, 2.05) is 50.2 Å². The second kappa shape index (κ2) is 11.0.